The first-order chi connectivity index (χ1) is 9.28. The van der Waals surface area contributed by atoms with Gasteiger partial charge in [-0.25, -0.2) is 0 Å². The van der Waals surface area contributed by atoms with Crippen LogP contribution in [0.25, 0.3) is 0 Å². The van der Waals surface area contributed by atoms with Gasteiger partial charge in [-0.1, -0.05) is 30.7 Å². The molecule has 1 aliphatic rings. The largest absolute Gasteiger partial charge is 0.314 e. The quantitative estimate of drug-likeness (QED) is 0.835. The highest BCUT2D eigenvalue weighted by molar-refractivity contribution is 7.99. The average Bonchev–Trinajstić information content (AvgIpc) is 2.40. The van der Waals surface area contributed by atoms with E-state index in [-0.39, 0.29) is 0 Å². The second kappa shape index (κ2) is 8.18. The molecule has 0 aromatic heterocycles. The highest BCUT2D eigenvalue weighted by Crippen LogP contribution is 2.27. The van der Waals surface area contributed by atoms with Gasteiger partial charge in [-0.05, 0) is 67.3 Å². The highest BCUT2D eigenvalue weighted by Gasteiger charge is 2.19. The Hall–Kier alpha value is -0.180. The molecule has 0 spiro atoms. The summed E-state index contributed by atoms with van der Waals surface area (Å²) in [6.07, 6.45) is 5.18. The lowest BCUT2D eigenvalue weighted by Crippen LogP contribution is -2.33. The van der Waals surface area contributed by atoms with Crippen molar-refractivity contribution in [1.29, 1.82) is 0 Å². The normalized spacial score (nSPS) is 18.4. The summed E-state index contributed by atoms with van der Waals surface area (Å²) >= 11 is 8.18. The summed E-state index contributed by atoms with van der Waals surface area (Å²) in [6.45, 7) is 3.24. The van der Waals surface area contributed by atoms with Crippen molar-refractivity contribution in [3.05, 3.63) is 34.9 Å². The standard InChI is InChI=1S/C16H24ClNS/c1-2-18-16(11-13-6-8-19-9-7-13)12-14-4-3-5-15(17)10-14/h3-5,10,13,16,18H,2,6-9,11-12H2,1H3. The van der Waals surface area contributed by atoms with E-state index in [1.807, 2.05) is 6.07 Å². The maximum absolute atomic E-state index is 6.07. The van der Waals surface area contributed by atoms with Gasteiger partial charge < -0.3 is 5.32 Å². The number of nitrogens with one attached hydrogen (secondary N) is 1. The minimum Gasteiger partial charge on any atom is -0.314 e. The zero-order valence-electron chi connectivity index (χ0n) is 11.7. The van der Waals surface area contributed by atoms with E-state index in [2.05, 4.69) is 42.2 Å². The van der Waals surface area contributed by atoms with Crippen LogP contribution >= 0.6 is 23.4 Å². The van der Waals surface area contributed by atoms with Crippen molar-refractivity contribution in [2.24, 2.45) is 5.92 Å². The van der Waals surface area contributed by atoms with Gasteiger partial charge in [0, 0.05) is 11.1 Å². The molecule has 1 heterocycles. The van der Waals surface area contributed by atoms with E-state index >= 15 is 0 Å². The SMILES string of the molecule is CCNC(Cc1cccc(Cl)c1)CC1CCSCC1. The second-order valence-corrected chi connectivity index (χ2v) is 7.04. The van der Waals surface area contributed by atoms with Crippen molar-refractivity contribution in [2.45, 2.75) is 38.6 Å². The highest BCUT2D eigenvalue weighted by atomic mass is 35.5. The van der Waals surface area contributed by atoms with E-state index in [1.165, 1.54) is 36.3 Å². The molecule has 1 nitrogen and oxygen atoms in total. The van der Waals surface area contributed by atoms with Gasteiger partial charge >= 0.3 is 0 Å². The molecule has 1 fully saturated rings. The smallest absolute Gasteiger partial charge is 0.0408 e. The molecule has 0 saturated carbocycles. The van der Waals surface area contributed by atoms with Crippen molar-refractivity contribution in [1.82, 2.24) is 5.32 Å². The van der Waals surface area contributed by atoms with Crippen LogP contribution < -0.4 is 5.32 Å². The van der Waals surface area contributed by atoms with Crippen LogP contribution in [0.2, 0.25) is 5.02 Å². The van der Waals surface area contributed by atoms with Crippen LogP contribution in [0.3, 0.4) is 0 Å². The number of rotatable bonds is 6. The average molecular weight is 298 g/mol. The van der Waals surface area contributed by atoms with Crippen molar-refractivity contribution in [3.63, 3.8) is 0 Å². The predicted octanol–water partition coefficient (Wildman–Crippen LogP) is 4.39. The summed E-state index contributed by atoms with van der Waals surface area (Å²) in [5.74, 6) is 3.60. The number of likely N-dealkylation sites (N-methyl/N-ethyl adjacent to an activating group) is 1. The zero-order valence-corrected chi connectivity index (χ0v) is 13.3. The molecule has 0 aliphatic carbocycles. The first-order valence-electron chi connectivity index (χ1n) is 7.33. The summed E-state index contributed by atoms with van der Waals surface area (Å²) in [6, 6.07) is 8.88. The van der Waals surface area contributed by atoms with Crippen molar-refractivity contribution in [2.75, 3.05) is 18.1 Å². The molecule has 1 N–H and O–H groups in total. The van der Waals surface area contributed by atoms with Crippen molar-refractivity contribution in [3.8, 4) is 0 Å². The Morgan fingerprint density at radius 1 is 1.37 bits per heavy atom. The number of hydrogen-bond donors (Lipinski definition) is 1. The fourth-order valence-electron chi connectivity index (χ4n) is 2.86. The Bertz CT molecular complexity index is 377. The van der Waals surface area contributed by atoms with E-state index in [0.717, 1.165) is 23.9 Å². The molecule has 1 unspecified atom stereocenters. The van der Waals surface area contributed by atoms with Gasteiger partial charge in [0.2, 0.25) is 0 Å². The molecule has 0 bridgehead atoms. The topological polar surface area (TPSA) is 12.0 Å². The molecule has 0 amide bonds. The summed E-state index contributed by atoms with van der Waals surface area (Å²) in [7, 11) is 0. The third-order valence-electron chi connectivity index (χ3n) is 3.82. The van der Waals surface area contributed by atoms with Gasteiger partial charge in [-0.2, -0.15) is 11.8 Å². The van der Waals surface area contributed by atoms with E-state index in [0.29, 0.717) is 6.04 Å². The van der Waals surface area contributed by atoms with E-state index < -0.39 is 0 Å². The van der Waals surface area contributed by atoms with Gasteiger partial charge in [0.25, 0.3) is 0 Å². The van der Waals surface area contributed by atoms with Crippen LogP contribution in [-0.2, 0) is 6.42 Å². The van der Waals surface area contributed by atoms with Crippen LogP contribution in [-0.4, -0.2) is 24.1 Å². The maximum Gasteiger partial charge on any atom is 0.0408 e. The summed E-state index contributed by atoms with van der Waals surface area (Å²) in [5.41, 5.74) is 1.35. The molecule has 1 saturated heterocycles. The Kier molecular flexibility index (Phi) is 6.55. The lowest BCUT2D eigenvalue weighted by Gasteiger charge is -2.27. The Morgan fingerprint density at radius 2 is 2.16 bits per heavy atom. The zero-order chi connectivity index (χ0) is 13.5. The Morgan fingerprint density at radius 3 is 2.84 bits per heavy atom. The fraction of sp³-hybridized carbons (Fsp3) is 0.625. The van der Waals surface area contributed by atoms with Gasteiger partial charge in [0.1, 0.15) is 0 Å². The molecule has 19 heavy (non-hydrogen) atoms. The monoisotopic (exact) mass is 297 g/mol. The second-order valence-electron chi connectivity index (χ2n) is 5.38. The van der Waals surface area contributed by atoms with Gasteiger partial charge in [-0.15, -0.1) is 0 Å². The molecule has 0 radical (unpaired) electrons. The molecular weight excluding hydrogens is 274 g/mol. The first kappa shape index (κ1) is 15.2. The number of halogens is 1. The van der Waals surface area contributed by atoms with E-state index in [9.17, 15) is 0 Å². The summed E-state index contributed by atoms with van der Waals surface area (Å²) in [4.78, 5) is 0. The van der Waals surface area contributed by atoms with Gasteiger partial charge in [0.05, 0.1) is 0 Å². The third-order valence-corrected chi connectivity index (χ3v) is 5.11. The van der Waals surface area contributed by atoms with Crippen LogP contribution in [0, 0.1) is 5.92 Å². The van der Waals surface area contributed by atoms with Gasteiger partial charge in [0.15, 0.2) is 0 Å². The van der Waals surface area contributed by atoms with E-state index in [1.54, 1.807) is 0 Å². The molecule has 1 aromatic rings. The summed E-state index contributed by atoms with van der Waals surface area (Å²) in [5, 5.41) is 4.50. The lowest BCUT2D eigenvalue weighted by molar-refractivity contribution is 0.366. The third kappa shape index (κ3) is 5.37. The van der Waals surface area contributed by atoms with Crippen LogP contribution in [0.5, 0.6) is 0 Å². The van der Waals surface area contributed by atoms with Gasteiger partial charge in [-0.3, -0.25) is 0 Å². The molecule has 1 aliphatic heterocycles. The Balaban J connectivity index is 1.91. The van der Waals surface area contributed by atoms with Crippen molar-refractivity contribution >= 4 is 23.4 Å². The Labute approximate surface area is 126 Å². The van der Waals surface area contributed by atoms with Crippen LogP contribution in [0.1, 0.15) is 31.7 Å². The molecule has 2 rings (SSSR count). The molecule has 3 heteroatoms. The predicted molar refractivity (Wildman–Crippen MR) is 87.3 cm³/mol. The maximum atomic E-state index is 6.07. The first-order valence-corrected chi connectivity index (χ1v) is 8.86. The lowest BCUT2D eigenvalue weighted by atomic mass is 9.91. The molecule has 1 aromatic carbocycles. The van der Waals surface area contributed by atoms with Crippen LogP contribution in [0.4, 0.5) is 0 Å². The summed E-state index contributed by atoms with van der Waals surface area (Å²) < 4.78 is 0. The van der Waals surface area contributed by atoms with E-state index in [4.69, 9.17) is 11.6 Å². The fourth-order valence-corrected chi connectivity index (χ4v) is 4.28. The molecule has 106 valence electrons. The number of thioether (sulfide) groups is 1. The minimum absolute atomic E-state index is 0.594. The molecular formula is C16H24ClNS. The number of benzene rings is 1. The van der Waals surface area contributed by atoms with Crippen LogP contribution in [0.15, 0.2) is 24.3 Å². The minimum atomic E-state index is 0.594. The number of hydrogen-bond acceptors (Lipinski definition) is 2. The van der Waals surface area contributed by atoms with Crippen molar-refractivity contribution < 1.29 is 0 Å². The molecule has 1 atom stereocenters.